The Balaban J connectivity index is 1.96. The maximum atomic E-state index is 12.1. The summed E-state index contributed by atoms with van der Waals surface area (Å²) >= 11 is 11.8. The number of nitrogens with one attached hydrogen (secondary N) is 1. The van der Waals surface area contributed by atoms with Crippen molar-refractivity contribution in [2.45, 2.75) is 6.54 Å². The van der Waals surface area contributed by atoms with Crippen molar-refractivity contribution in [3.05, 3.63) is 58.1 Å². The van der Waals surface area contributed by atoms with Gasteiger partial charge in [-0.15, -0.1) is 0 Å². The minimum atomic E-state index is -0.155. The summed E-state index contributed by atoms with van der Waals surface area (Å²) in [5, 5.41) is 4.15. The molecule has 0 atom stereocenters. The van der Waals surface area contributed by atoms with Crippen LogP contribution in [0.15, 0.2) is 42.5 Å². The molecule has 1 aliphatic heterocycles. The van der Waals surface area contributed by atoms with Gasteiger partial charge in [-0.05, 0) is 48.0 Å². The van der Waals surface area contributed by atoms with Gasteiger partial charge in [-0.2, -0.15) is 0 Å². The normalized spacial score (nSPS) is 14.0. The third-order valence-electron chi connectivity index (χ3n) is 3.02. The highest BCUT2D eigenvalue weighted by molar-refractivity contribution is 6.31. The van der Waals surface area contributed by atoms with Crippen LogP contribution in [-0.2, 0) is 6.54 Å². The van der Waals surface area contributed by atoms with Gasteiger partial charge >= 0.3 is 6.03 Å². The first-order valence-electron chi connectivity index (χ1n) is 5.76. The average molecular weight is 293 g/mol. The van der Waals surface area contributed by atoms with E-state index in [1.807, 2.05) is 24.3 Å². The lowest BCUT2D eigenvalue weighted by molar-refractivity contribution is 0.256. The van der Waals surface area contributed by atoms with Crippen molar-refractivity contribution in [3.63, 3.8) is 0 Å². The molecule has 0 radical (unpaired) electrons. The molecule has 0 bridgehead atoms. The van der Waals surface area contributed by atoms with E-state index in [9.17, 15) is 4.79 Å². The molecule has 0 saturated carbocycles. The molecular weight excluding hydrogens is 283 g/mol. The van der Waals surface area contributed by atoms with E-state index in [4.69, 9.17) is 23.2 Å². The summed E-state index contributed by atoms with van der Waals surface area (Å²) < 4.78 is 0. The fourth-order valence-corrected chi connectivity index (χ4v) is 2.39. The van der Waals surface area contributed by atoms with E-state index in [-0.39, 0.29) is 6.03 Å². The van der Waals surface area contributed by atoms with Crippen molar-refractivity contribution in [3.8, 4) is 0 Å². The third-order valence-corrected chi connectivity index (χ3v) is 3.51. The summed E-state index contributed by atoms with van der Waals surface area (Å²) in [4.78, 5) is 13.7. The molecule has 1 aliphatic rings. The summed E-state index contributed by atoms with van der Waals surface area (Å²) in [6.45, 7) is 0.489. The molecule has 2 amide bonds. The molecule has 3 nitrogen and oxygen atoms in total. The first kappa shape index (κ1) is 12.3. The molecule has 5 heteroatoms. The fourth-order valence-electron chi connectivity index (χ4n) is 2.07. The second kappa shape index (κ2) is 4.76. The van der Waals surface area contributed by atoms with Crippen LogP contribution in [-0.4, -0.2) is 6.03 Å². The van der Waals surface area contributed by atoms with Crippen molar-refractivity contribution in [2.24, 2.45) is 0 Å². The van der Waals surface area contributed by atoms with Gasteiger partial charge in [-0.1, -0.05) is 23.2 Å². The van der Waals surface area contributed by atoms with E-state index in [1.165, 1.54) is 0 Å². The van der Waals surface area contributed by atoms with Crippen molar-refractivity contribution in [2.75, 3.05) is 10.2 Å². The van der Waals surface area contributed by atoms with Crippen LogP contribution in [0.5, 0.6) is 0 Å². The topological polar surface area (TPSA) is 32.3 Å². The van der Waals surface area contributed by atoms with Gasteiger partial charge in [0.25, 0.3) is 0 Å². The Hall–Kier alpha value is -1.71. The Morgan fingerprint density at radius 1 is 1.00 bits per heavy atom. The van der Waals surface area contributed by atoms with E-state index in [0.717, 1.165) is 16.9 Å². The highest BCUT2D eigenvalue weighted by atomic mass is 35.5. The van der Waals surface area contributed by atoms with Crippen LogP contribution in [0.25, 0.3) is 0 Å². The van der Waals surface area contributed by atoms with E-state index in [0.29, 0.717) is 16.6 Å². The lowest BCUT2D eigenvalue weighted by Crippen LogP contribution is -2.38. The Morgan fingerprint density at radius 2 is 1.68 bits per heavy atom. The number of anilines is 2. The number of carbonyl (C=O) groups is 1. The maximum absolute atomic E-state index is 12.1. The standard InChI is InChI=1S/C14H10Cl2N2O/c15-10-1-4-12(5-2-10)18-8-9-7-11(16)3-6-13(9)17-14(18)19/h1-7H,8H2,(H,17,19). The van der Waals surface area contributed by atoms with E-state index in [1.54, 1.807) is 23.1 Å². The Kier molecular flexibility index (Phi) is 3.09. The molecular formula is C14H10Cl2N2O. The van der Waals surface area contributed by atoms with Crippen LogP contribution < -0.4 is 10.2 Å². The summed E-state index contributed by atoms with van der Waals surface area (Å²) in [5.41, 5.74) is 2.59. The quantitative estimate of drug-likeness (QED) is 0.822. The summed E-state index contributed by atoms with van der Waals surface area (Å²) in [5.74, 6) is 0. The molecule has 96 valence electrons. The molecule has 0 aromatic heterocycles. The minimum absolute atomic E-state index is 0.155. The van der Waals surface area contributed by atoms with Gasteiger partial charge in [0, 0.05) is 21.4 Å². The first-order valence-corrected chi connectivity index (χ1v) is 6.51. The number of hydrogen-bond acceptors (Lipinski definition) is 1. The monoisotopic (exact) mass is 292 g/mol. The van der Waals surface area contributed by atoms with Crippen molar-refractivity contribution >= 4 is 40.6 Å². The zero-order valence-corrected chi connectivity index (χ0v) is 11.4. The number of benzene rings is 2. The zero-order valence-electron chi connectivity index (χ0n) is 9.86. The summed E-state index contributed by atoms with van der Waals surface area (Å²) in [7, 11) is 0. The SMILES string of the molecule is O=C1Nc2ccc(Cl)cc2CN1c1ccc(Cl)cc1. The molecule has 0 fully saturated rings. The molecule has 0 spiro atoms. The first-order chi connectivity index (χ1) is 9.13. The second-order valence-electron chi connectivity index (χ2n) is 4.29. The molecule has 1 heterocycles. The van der Waals surface area contributed by atoms with Crippen LogP contribution in [0.3, 0.4) is 0 Å². The van der Waals surface area contributed by atoms with Gasteiger partial charge < -0.3 is 5.32 Å². The molecule has 1 N–H and O–H groups in total. The number of hydrogen-bond donors (Lipinski definition) is 1. The predicted octanol–water partition coefficient (Wildman–Crippen LogP) is 4.55. The van der Waals surface area contributed by atoms with Crippen molar-refractivity contribution in [1.29, 1.82) is 0 Å². The molecule has 2 aromatic rings. The molecule has 3 rings (SSSR count). The Labute approximate surface area is 120 Å². The van der Waals surface area contributed by atoms with Gasteiger partial charge in [-0.25, -0.2) is 4.79 Å². The number of carbonyl (C=O) groups excluding carboxylic acids is 1. The van der Waals surface area contributed by atoms with Crippen LogP contribution >= 0.6 is 23.2 Å². The third kappa shape index (κ3) is 2.39. The largest absolute Gasteiger partial charge is 0.326 e. The number of fused-ring (bicyclic) bond motifs is 1. The lowest BCUT2D eigenvalue weighted by Gasteiger charge is -2.29. The smallest absolute Gasteiger partial charge is 0.307 e. The van der Waals surface area contributed by atoms with Crippen LogP contribution in [0.2, 0.25) is 10.0 Å². The van der Waals surface area contributed by atoms with Gasteiger partial charge in [0.15, 0.2) is 0 Å². The molecule has 0 unspecified atom stereocenters. The number of halogens is 2. The Bertz CT molecular complexity index is 640. The number of amides is 2. The number of nitrogens with zero attached hydrogens (tertiary/aromatic N) is 1. The van der Waals surface area contributed by atoms with E-state index >= 15 is 0 Å². The lowest BCUT2D eigenvalue weighted by atomic mass is 10.1. The van der Waals surface area contributed by atoms with Crippen LogP contribution in [0, 0.1) is 0 Å². The Morgan fingerprint density at radius 3 is 2.42 bits per heavy atom. The zero-order chi connectivity index (χ0) is 13.4. The summed E-state index contributed by atoms with van der Waals surface area (Å²) in [6.07, 6.45) is 0. The highest BCUT2D eigenvalue weighted by Crippen LogP contribution is 2.29. The second-order valence-corrected chi connectivity index (χ2v) is 5.17. The predicted molar refractivity (Wildman–Crippen MR) is 78.1 cm³/mol. The number of urea groups is 1. The maximum Gasteiger partial charge on any atom is 0.326 e. The van der Waals surface area contributed by atoms with Gasteiger partial charge in [0.2, 0.25) is 0 Å². The van der Waals surface area contributed by atoms with Gasteiger partial charge in [0.05, 0.1) is 6.54 Å². The average Bonchev–Trinajstić information content (AvgIpc) is 2.40. The molecule has 0 saturated heterocycles. The number of rotatable bonds is 1. The molecule has 0 aliphatic carbocycles. The summed E-state index contributed by atoms with van der Waals surface area (Å²) in [6, 6.07) is 12.4. The van der Waals surface area contributed by atoms with Crippen LogP contribution in [0.4, 0.5) is 16.2 Å². The molecule has 19 heavy (non-hydrogen) atoms. The van der Waals surface area contributed by atoms with Gasteiger partial charge in [0.1, 0.15) is 0 Å². The van der Waals surface area contributed by atoms with Crippen LogP contribution in [0.1, 0.15) is 5.56 Å². The van der Waals surface area contributed by atoms with Crippen molar-refractivity contribution < 1.29 is 4.79 Å². The van der Waals surface area contributed by atoms with E-state index in [2.05, 4.69) is 5.32 Å². The van der Waals surface area contributed by atoms with Crippen molar-refractivity contribution in [1.82, 2.24) is 0 Å². The fraction of sp³-hybridized carbons (Fsp3) is 0.0714. The van der Waals surface area contributed by atoms with E-state index < -0.39 is 0 Å². The van der Waals surface area contributed by atoms with Gasteiger partial charge in [-0.3, -0.25) is 4.90 Å². The molecule has 2 aromatic carbocycles. The highest BCUT2D eigenvalue weighted by Gasteiger charge is 2.23. The minimum Gasteiger partial charge on any atom is -0.307 e.